The Kier molecular flexibility index (Phi) is 4.96. The van der Waals surface area contributed by atoms with E-state index in [-0.39, 0.29) is 17.7 Å². The molecule has 0 spiro atoms. The smallest absolute Gasteiger partial charge is 0.251 e. The highest BCUT2D eigenvalue weighted by atomic mass is 79.9. The van der Waals surface area contributed by atoms with Crippen molar-refractivity contribution in [3.63, 3.8) is 0 Å². The molecule has 110 valence electrons. The minimum absolute atomic E-state index is 0.185. The molecule has 0 heterocycles. The molecule has 0 unspecified atom stereocenters. The first-order valence-electron chi connectivity index (χ1n) is 6.41. The van der Waals surface area contributed by atoms with E-state index >= 15 is 0 Å². The average Bonchev–Trinajstić information content (AvgIpc) is 2.47. The SMILES string of the molecule is COc1ccc([C@@H](C)NC(=O)c2ccc(Br)cc2)cc1F. The summed E-state index contributed by atoms with van der Waals surface area (Å²) in [6, 6.07) is 11.4. The van der Waals surface area contributed by atoms with Crippen molar-refractivity contribution >= 4 is 21.8 Å². The first kappa shape index (κ1) is 15.5. The third-order valence-corrected chi connectivity index (χ3v) is 3.66. The Balaban J connectivity index is 2.10. The fraction of sp³-hybridized carbons (Fsp3) is 0.188. The maximum atomic E-state index is 13.7. The van der Waals surface area contributed by atoms with E-state index in [1.165, 1.54) is 13.2 Å². The molecule has 0 aliphatic carbocycles. The molecule has 1 N–H and O–H groups in total. The summed E-state index contributed by atoms with van der Waals surface area (Å²) in [7, 11) is 1.41. The fourth-order valence-corrected chi connectivity index (χ4v) is 2.18. The monoisotopic (exact) mass is 351 g/mol. The number of carbonyl (C=O) groups excluding carboxylic acids is 1. The van der Waals surface area contributed by atoms with Crippen molar-refractivity contribution < 1.29 is 13.9 Å². The Morgan fingerprint density at radius 2 is 1.90 bits per heavy atom. The van der Waals surface area contributed by atoms with E-state index in [9.17, 15) is 9.18 Å². The Morgan fingerprint density at radius 1 is 1.24 bits per heavy atom. The molecule has 0 fully saturated rings. The number of halogens is 2. The van der Waals surface area contributed by atoms with E-state index in [2.05, 4.69) is 21.2 Å². The third-order valence-electron chi connectivity index (χ3n) is 3.13. The first-order chi connectivity index (χ1) is 10.0. The number of rotatable bonds is 4. The second kappa shape index (κ2) is 6.72. The molecule has 2 aromatic rings. The zero-order valence-electron chi connectivity index (χ0n) is 11.7. The molecular formula is C16H15BrFNO2. The molecule has 2 rings (SSSR count). The van der Waals surface area contributed by atoms with Gasteiger partial charge in [0.05, 0.1) is 13.2 Å². The summed E-state index contributed by atoms with van der Waals surface area (Å²) in [5, 5.41) is 2.83. The molecule has 2 aromatic carbocycles. The van der Waals surface area contributed by atoms with E-state index in [0.717, 1.165) is 4.47 Å². The van der Waals surface area contributed by atoms with Gasteiger partial charge in [0, 0.05) is 10.0 Å². The van der Waals surface area contributed by atoms with Crippen LogP contribution in [0.25, 0.3) is 0 Å². The minimum Gasteiger partial charge on any atom is -0.494 e. The van der Waals surface area contributed by atoms with E-state index < -0.39 is 5.82 Å². The van der Waals surface area contributed by atoms with Gasteiger partial charge in [-0.3, -0.25) is 4.79 Å². The third kappa shape index (κ3) is 3.82. The predicted molar refractivity (Wildman–Crippen MR) is 83.0 cm³/mol. The first-order valence-corrected chi connectivity index (χ1v) is 7.20. The van der Waals surface area contributed by atoms with Gasteiger partial charge < -0.3 is 10.1 Å². The zero-order chi connectivity index (χ0) is 15.4. The summed E-state index contributed by atoms with van der Waals surface area (Å²) in [4.78, 5) is 12.1. The number of hydrogen-bond acceptors (Lipinski definition) is 2. The number of carbonyl (C=O) groups is 1. The van der Waals surface area contributed by atoms with Gasteiger partial charge in [-0.1, -0.05) is 22.0 Å². The highest BCUT2D eigenvalue weighted by Gasteiger charge is 2.13. The summed E-state index contributed by atoms with van der Waals surface area (Å²) in [5.41, 5.74) is 1.23. The van der Waals surface area contributed by atoms with E-state index in [1.807, 2.05) is 0 Å². The molecule has 0 aromatic heterocycles. The van der Waals surface area contributed by atoms with Gasteiger partial charge in [0.25, 0.3) is 5.91 Å². The van der Waals surface area contributed by atoms with E-state index in [1.54, 1.807) is 43.3 Å². The maximum absolute atomic E-state index is 13.7. The lowest BCUT2D eigenvalue weighted by Gasteiger charge is -2.15. The molecule has 0 bridgehead atoms. The van der Waals surface area contributed by atoms with Crippen molar-refractivity contribution in [3.05, 3.63) is 63.9 Å². The van der Waals surface area contributed by atoms with Crippen LogP contribution in [0.2, 0.25) is 0 Å². The second-order valence-electron chi connectivity index (χ2n) is 4.60. The van der Waals surface area contributed by atoms with Crippen LogP contribution in [0, 0.1) is 5.82 Å². The van der Waals surface area contributed by atoms with Crippen LogP contribution in [0.5, 0.6) is 5.75 Å². The Morgan fingerprint density at radius 3 is 2.48 bits per heavy atom. The average molecular weight is 352 g/mol. The van der Waals surface area contributed by atoms with Crippen LogP contribution in [0.15, 0.2) is 46.9 Å². The van der Waals surface area contributed by atoms with Gasteiger partial charge in [-0.2, -0.15) is 0 Å². The van der Waals surface area contributed by atoms with Crippen molar-refractivity contribution in [2.24, 2.45) is 0 Å². The van der Waals surface area contributed by atoms with Gasteiger partial charge in [0.2, 0.25) is 0 Å². The molecule has 1 amide bonds. The van der Waals surface area contributed by atoms with E-state index in [4.69, 9.17) is 4.74 Å². The van der Waals surface area contributed by atoms with Gasteiger partial charge >= 0.3 is 0 Å². The van der Waals surface area contributed by atoms with Crippen molar-refractivity contribution in [2.45, 2.75) is 13.0 Å². The van der Waals surface area contributed by atoms with Crippen LogP contribution in [-0.4, -0.2) is 13.0 Å². The Hall–Kier alpha value is -1.88. The van der Waals surface area contributed by atoms with Gasteiger partial charge in [0.15, 0.2) is 11.6 Å². The van der Waals surface area contributed by atoms with Crippen LogP contribution in [0.3, 0.4) is 0 Å². The lowest BCUT2D eigenvalue weighted by Crippen LogP contribution is -2.26. The molecule has 1 atom stereocenters. The lowest BCUT2D eigenvalue weighted by molar-refractivity contribution is 0.0940. The van der Waals surface area contributed by atoms with Crippen LogP contribution in [-0.2, 0) is 0 Å². The summed E-state index contributed by atoms with van der Waals surface area (Å²) in [6.45, 7) is 1.80. The normalized spacial score (nSPS) is 11.8. The van der Waals surface area contributed by atoms with Crippen LogP contribution in [0.4, 0.5) is 4.39 Å². The minimum atomic E-state index is -0.445. The van der Waals surface area contributed by atoms with Gasteiger partial charge in [-0.15, -0.1) is 0 Å². The number of nitrogens with one attached hydrogen (secondary N) is 1. The molecule has 0 saturated heterocycles. The Labute approximate surface area is 131 Å². The van der Waals surface area contributed by atoms with Crippen LogP contribution >= 0.6 is 15.9 Å². The van der Waals surface area contributed by atoms with E-state index in [0.29, 0.717) is 11.1 Å². The van der Waals surface area contributed by atoms with Crippen molar-refractivity contribution in [1.82, 2.24) is 5.32 Å². The number of hydrogen-bond donors (Lipinski definition) is 1. The molecule has 0 aliphatic rings. The van der Waals surface area contributed by atoms with Gasteiger partial charge in [0.1, 0.15) is 0 Å². The van der Waals surface area contributed by atoms with Crippen molar-refractivity contribution in [3.8, 4) is 5.75 Å². The summed E-state index contributed by atoms with van der Waals surface area (Å²) >= 11 is 3.32. The fourth-order valence-electron chi connectivity index (χ4n) is 1.92. The Bertz CT molecular complexity index is 643. The molecule has 0 aliphatic heterocycles. The number of amides is 1. The topological polar surface area (TPSA) is 38.3 Å². The van der Waals surface area contributed by atoms with Gasteiger partial charge in [-0.25, -0.2) is 4.39 Å². The van der Waals surface area contributed by atoms with Gasteiger partial charge in [-0.05, 0) is 48.9 Å². The zero-order valence-corrected chi connectivity index (χ0v) is 13.3. The summed E-state index contributed by atoms with van der Waals surface area (Å²) in [5.74, 6) is -0.462. The highest BCUT2D eigenvalue weighted by molar-refractivity contribution is 9.10. The van der Waals surface area contributed by atoms with Crippen molar-refractivity contribution in [1.29, 1.82) is 0 Å². The van der Waals surface area contributed by atoms with Crippen LogP contribution in [0.1, 0.15) is 28.9 Å². The predicted octanol–water partition coefficient (Wildman–Crippen LogP) is 4.09. The summed E-state index contributed by atoms with van der Waals surface area (Å²) in [6.07, 6.45) is 0. The quantitative estimate of drug-likeness (QED) is 0.900. The molecule has 3 nitrogen and oxygen atoms in total. The maximum Gasteiger partial charge on any atom is 0.251 e. The molecular weight excluding hydrogens is 337 g/mol. The van der Waals surface area contributed by atoms with Crippen molar-refractivity contribution in [2.75, 3.05) is 7.11 Å². The number of benzene rings is 2. The largest absolute Gasteiger partial charge is 0.494 e. The lowest BCUT2D eigenvalue weighted by atomic mass is 10.1. The molecule has 5 heteroatoms. The molecule has 0 saturated carbocycles. The van der Waals surface area contributed by atoms with Crippen LogP contribution < -0.4 is 10.1 Å². The molecule has 0 radical (unpaired) electrons. The standard InChI is InChI=1S/C16H15BrFNO2/c1-10(12-5-8-15(21-2)14(18)9-12)19-16(20)11-3-6-13(17)7-4-11/h3-10H,1-2H3,(H,19,20)/t10-/m1/s1. The molecule has 21 heavy (non-hydrogen) atoms. The number of ether oxygens (including phenoxy) is 1. The number of methoxy groups -OCH3 is 1. The highest BCUT2D eigenvalue weighted by Crippen LogP contribution is 2.22. The second-order valence-corrected chi connectivity index (χ2v) is 5.51. The summed E-state index contributed by atoms with van der Waals surface area (Å²) < 4.78 is 19.5.